The van der Waals surface area contributed by atoms with Crippen LogP contribution in [0.25, 0.3) is 0 Å². The number of carbonyl (C=O) groups is 2. The SMILES string of the molecule is CC1=C(C(=O)N2CCC[C@H](C(=O)Nc3ccc(C)c(Cl)c3)[C@@H]2C2C=CC(CN3CCC[C@H]3C(F)(F)F)=CC2)C(F)=CCC1C. The quantitative estimate of drug-likeness (QED) is 0.324. The van der Waals surface area contributed by atoms with Crippen molar-refractivity contribution in [2.24, 2.45) is 17.8 Å². The molecule has 2 unspecified atom stereocenters. The van der Waals surface area contributed by atoms with Crippen molar-refractivity contribution in [2.45, 2.75) is 77.6 Å². The van der Waals surface area contributed by atoms with Gasteiger partial charge in [0.1, 0.15) is 11.9 Å². The van der Waals surface area contributed by atoms with Crippen molar-refractivity contribution in [2.75, 3.05) is 25.0 Å². The molecule has 0 bridgehead atoms. The van der Waals surface area contributed by atoms with Crippen LogP contribution in [0.4, 0.5) is 23.2 Å². The van der Waals surface area contributed by atoms with Crippen LogP contribution in [-0.4, -0.2) is 59.5 Å². The van der Waals surface area contributed by atoms with E-state index in [0.29, 0.717) is 61.5 Å². The summed E-state index contributed by atoms with van der Waals surface area (Å²) in [4.78, 5) is 31.1. The van der Waals surface area contributed by atoms with Gasteiger partial charge in [-0.3, -0.25) is 14.5 Å². The van der Waals surface area contributed by atoms with Gasteiger partial charge in [0.25, 0.3) is 5.91 Å². The van der Waals surface area contributed by atoms with Gasteiger partial charge in [0.15, 0.2) is 0 Å². The van der Waals surface area contributed by atoms with Gasteiger partial charge in [-0.15, -0.1) is 0 Å². The molecule has 4 aliphatic rings. The average molecular weight is 634 g/mol. The highest BCUT2D eigenvalue weighted by molar-refractivity contribution is 6.31. The number of alkyl halides is 3. The van der Waals surface area contributed by atoms with Crippen molar-refractivity contribution < 1.29 is 27.2 Å². The highest BCUT2D eigenvalue weighted by atomic mass is 35.5. The summed E-state index contributed by atoms with van der Waals surface area (Å²) in [5, 5.41) is 3.50. The molecule has 0 saturated carbocycles. The van der Waals surface area contributed by atoms with Crippen molar-refractivity contribution in [3.8, 4) is 0 Å². The molecule has 2 fully saturated rings. The number of rotatable bonds is 6. The first-order chi connectivity index (χ1) is 20.8. The number of likely N-dealkylation sites (tertiary alicyclic amines) is 2. The largest absolute Gasteiger partial charge is 0.404 e. The number of anilines is 1. The Bertz CT molecular complexity index is 1420. The van der Waals surface area contributed by atoms with Crippen molar-refractivity contribution >= 4 is 29.1 Å². The molecule has 2 aliphatic heterocycles. The minimum Gasteiger partial charge on any atom is -0.334 e. The number of benzene rings is 1. The first kappa shape index (κ1) is 32.5. The minimum atomic E-state index is -4.27. The van der Waals surface area contributed by atoms with Crippen molar-refractivity contribution in [1.82, 2.24) is 9.80 Å². The molecule has 5 rings (SSSR count). The third kappa shape index (κ3) is 6.84. The highest BCUT2D eigenvalue weighted by Crippen LogP contribution is 2.39. The van der Waals surface area contributed by atoms with Crippen LogP contribution in [0.3, 0.4) is 0 Å². The molecular formula is C34H40ClF4N3O2. The van der Waals surface area contributed by atoms with Gasteiger partial charge in [0.05, 0.1) is 17.5 Å². The maximum atomic E-state index is 15.2. The Morgan fingerprint density at radius 3 is 2.50 bits per heavy atom. The lowest BCUT2D eigenvalue weighted by atomic mass is 9.76. The van der Waals surface area contributed by atoms with E-state index in [-0.39, 0.29) is 36.3 Å². The van der Waals surface area contributed by atoms with E-state index < -0.39 is 35.9 Å². The third-order valence-corrected chi connectivity index (χ3v) is 10.1. The molecule has 0 spiro atoms. The van der Waals surface area contributed by atoms with Gasteiger partial charge >= 0.3 is 6.18 Å². The molecule has 2 amide bonds. The minimum absolute atomic E-state index is 0.0215. The molecule has 5 atom stereocenters. The molecule has 1 N–H and O–H groups in total. The summed E-state index contributed by atoms with van der Waals surface area (Å²) in [5.74, 6) is -2.04. The first-order valence-electron chi connectivity index (χ1n) is 15.5. The molecule has 44 heavy (non-hydrogen) atoms. The van der Waals surface area contributed by atoms with Crippen LogP contribution in [0, 0.1) is 24.7 Å². The Morgan fingerprint density at radius 2 is 1.82 bits per heavy atom. The predicted octanol–water partition coefficient (Wildman–Crippen LogP) is 7.93. The van der Waals surface area contributed by atoms with Gasteiger partial charge in [0.2, 0.25) is 5.91 Å². The van der Waals surface area contributed by atoms with Gasteiger partial charge in [-0.1, -0.05) is 48.4 Å². The maximum Gasteiger partial charge on any atom is 0.404 e. The van der Waals surface area contributed by atoms with Crippen LogP contribution in [0.5, 0.6) is 0 Å². The fraction of sp³-hybridized carbons (Fsp3) is 0.529. The van der Waals surface area contributed by atoms with E-state index in [4.69, 9.17) is 11.6 Å². The fourth-order valence-corrected chi connectivity index (χ4v) is 7.24. The Balaban J connectivity index is 1.41. The zero-order valence-corrected chi connectivity index (χ0v) is 26.1. The summed E-state index contributed by atoms with van der Waals surface area (Å²) < 4.78 is 55.8. The van der Waals surface area contributed by atoms with Crippen LogP contribution in [0.2, 0.25) is 5.02 Å². The second kappa shape index (κ2) is 13.2. The molecule has 238 valence electrons. The lowest BCUT2D eigenvalue weighted by Gasteiger charge is -2.45. The van der Waals surface area contributed by atoms with E-state index >= 15 is 4.39 Å². The molecule has 1 aromatic rings. The van der Waals surface area contributed by atoms with Gasteiger partial charge in [-0.2, -0.15) is 13.2 Å². The van der Waals surface area contributed by atoms with Crippen LogP contribution in [0.15, 0.2) is 65.0 Å². The van der Waals surface area contributed by atoms with E-state index in [1.807, 2.05) is 38.1 Å². The summed E-state index contributed by atoms with van der Waals surface area (Å²) in [6, 6.07) is 3.28. The van der Waals surface area contributed by atoms with Crippen LogP contribution < -0.4 is 5.32 Å². The Labute approximate surface area is 261 Å². The summed E-state index contributed by atoms with van der Waals surface area (Å²) in [7, 11) is 0. The monoisotopic (exact) mass is 633 g/mol. The Kier molecular flexibility index (Phi) is 9.75. The zero-order chi connectivity index (χ0) is 31.8. The van der Waals surface area contributed by atoms with Gasteiger partial charge < -0.3 is 10.2 Å². The summed E-state index contributed by atoms with van der Waals surface area (Å²) in [6.45, 7) is 6.58. The van der Waals surface area contributed by atoms with Crippen LogP contribution in [0.1, 0.15) is 57.9 Å². The van der Waals surface area contributed by atoms with Crippen LogP contribution in [-0.2, 0) is 9.59 Å². The molecule has 2 aliphatic carbocycles. The second-order valence-electron chi connectivity index (χ2n) is 12.6. The van der Waals surface area contributed by atoms with Crippen molar-refractivity contribution in [1.29, 1.82) is 0 Å². The molecule has 0 aromatic heterocycles. The van der Waals surface area contributed by atoms with Gasteiger partial charge in [-0.05, 0) is 94.2 Å². The smallest absolute Gasteiger partial charge is 0.334 e. The Morgan fingerprint density at radius 1 is 1.07 bits per heavy atom. The predicted molar refractivity (Wildman–Crippen MR) is 165 cm³/mol. The lowest BCUT2D eigenvalue weighted by molar-refractivity contribution is -0.174. The molecule has 0 radical (unpaired) electrons. The van der Waals surface area contributed by atoms with Crippen molar-refractivity contribution in [3.63, 3.8) is 0 Å². The van der Waals surface area contributed by atoms with Gasteiger partial charge in [-0.25, -0.2) is 4.39 Å². The molecule has 2 saturated heterocycles. The Hall–Kier alpha value is -2.91. The number of halogens is 5. The average Bonchev–Trinajstić information content (AvgIpc) is 3.46. The summed E-state index contributed by atoms with van der Waals surface area (Å²) in [6.07, 6.45) is 5.56. The highest BCUT2D eigenvalue weighted by Gasteiger charge is 2.47. The van der Waals surface area contributed by atoms with Crippen LogP contribution >= 0.6 is 11.6 Å². The van der Waals surface area contributed by atoms with Gasteiger partial charge in [0, 0.05) is 29.7 Å². The van der Waals surface area contributed by atoms with E-state index in [1.54, 1.807) is 24.0 Å². The molecule has 2 heterocycles. The number of nitrogens with zero attached hydrogens (tertiary/aromatic N) is 2. The summed E-state index contributed by atoms with van der Waals surface area (Å²) in [5.41, 5.74) is 2.98. The first-order valence-corrected chi connectivity index (χ1v) is 15.9. The van der Waals surface area contributed by atoms with E-state index in [9.17, 15) is 22.8 Å². The topological polar surface area (TPSA) is 52.7 Å². The number of carbonyl (C=O) groups excluding carboxylic acids is 2. The van der Waals surface area contributed by atoms with E-state index in [0.717, 1.165) is 11.1 Å². The van der Waals surface area contributed by atoms with E-state index in [2.05, 4.69) is 5.32 Å². The number of hydrogen-bond donors (Lipinski definition) is 1. The normalized spacial score (nSPS) is 28.2. The summed E-state index contributed by atoms with van der Waals surface area (Å²) >= 11 is 6.30. The number of aryl methyl sites for hydroxylation is 1. The fourth-order valence-electron chi connectivity index (χ4n) is 7.06. The molecular weight excluding hydrogens is 594 g/mol. The number of nitrogens with one attached hydrogen (secondary N) is 1. The zero-order valence-electron chi connectivity index (χ0n) is 25.4. The number of piperidine rings is 1. The van der Waals surface area contributed by atoms with Crippen molar-refractivity contribution in [3.05, 3.63) is 75.6 Å². The lowest BCUT2D eigenvalue weighted by Crippen LogP contribution is -2.55. The number of allylic oxidation sites excluding steroid dienone is 3. The second-order valence-corrected chi connectivity index (χ2v) is 13.1. The molecule has 10 heteroatoms. The standard InChI is InChI=1S/C34H40ClF4N3O2/c1-20-9-15-28(36)30(22(20)3)33(44)42-17-4-6-26(32(43)40-25-14-8-21(2)27(35)18-25)31(42)24-12-10-23(11-13-24)19-41-16-5-7-29(41)34(37,38)39/h8,10-12,14-15,18,20,24,26,29,31H,4-7,9,13,16-17,19H2,1-3H3,(H,40,43)/t20?,24?,26-,29-,31-/m0/s1. The van der Waals surface area contributed by atoms with E-state index in [1.165, 1.54) is 11.0 Å². The number of hydrogen-bond acceptors (Lipinski definition) is 3. The maximum absolute atomic E-state index is 15.2. The molecule has 5 nitrogen and oxygen atoms in total. The number of amides is 2. The third-order valence-electron chi connectivity index (χ3n) is 9.74. The molecule has 1 aromatic carbocycles.